The number of amides is 2. The molecule has 1 fully saturated rings. The van der Waals surface area contributed by atoms with E-state index in [4.69, 9.17) is 9.47 Å². The molecule has 0 saturated carbocycles. The van der Waals surface area contributed by atoms with Crippen molar-refractivity contribution < 1.29 is 19.1 Å². The van der Waals surface area contributed by atoms with E-state index in [0.717, 1.165) is 17.5 Å². The quantitative estimate of drug-likeness (QED) is 0.557. The number of hydrogen-bond donors (Lipinski definition) is 1. The summed E-state index contributed by atoms with van der Waals surface area (Å²) in [6.45, 7) is 1.41. The molecule has 2 heterocycles. The number of methoxy groups -OCH3 is 1. The highest BCUT2D eigenvalue weighted by Gasteiger charge is 2.34. The van der Waals surface area contributed by atoms with Gasteiger partial charge in [0.15, 0.2) is 11.5 Å². The second-order valence-electron chi connectivity index (χ2n) is 7.61. The largest absolute Gasteiger partial charge is 0.493 e. The van der Waals surface area contributed by atoms with Crippen LogP contribution in [-0.2, 0) is 17.9 Å². The molecule has 1 atom stereocenters. The van der Waals surface area contributed by atoms with Crippen molar-refractivity contribution in [3.63, 3.8) is 0 Å². The summed E-state index contributed by atoms with van der Waals surface area (Å²) in [6.07, 6.45) is 1.51. The monoisotopic (exact) mass is 450 g/mol. The molecule has 2 aromatic carbocycles. The predicted molar refractivity (Wildman–Crippen MR) is 124 cm³/mol. The molecule has 6 nitrogen and oxygen atoms in total. The van der Waals surface area contributed by atoms with Crippen molar-refractivity contribution in [1.82, 2.24) is 10.2 Å². The molecular formula is C25H26N2O4S. The molecule has 1 saturated heterocycles. The number of ether oxygens (including phenoxy) is 2. The third-order valence-electron chi connectivity index (χ3n) is 5.48. The Morgan fingerprint density at radius 2 is 1.91 bits per heavy atom. The van der Waals surface area contributed by atoms with Crippen LogP contribution in [0.4, 0.5) is 0 Å². The Labute approximate surface area is 191 Å². The van der Waals surface area contributed by atoms with E-state index < -0.39 is 6.04 Å². The molecule has 0 aliphatic carbocycles. The second kappa shape index (κ2) is 10.3. The number of carbonyl (C=O) groups excluding carboxylic acids is 2. The summed E-state index contributed by atoms with van der Waals surface area (Å²) >= 11 is 1.40. The van der Waals surface area contributed by atoms with Gasteiger partial charge in [0, 0.05) is 13.1 Å². The molecule has 2 amide bonds. The summed E-state index contributed by atoms with van der Waals surface area (Å²) in [6, 6.07) is 18.8. The Balaban J connectivity index is 1.35. The molecule has 1 aromatic heterocycles. The van der Waals surface area contributed by atoms with Crippen molar-refractivity contribution in [2.75, 3.05) is 13.7 Å². The molecule has 7 heteroatoms. The predicted octanol–water partition coefficient (Wildman–Crippen LogP) is 4.26. The summed E-state index contributed by atoms with van der Waals surface area (Å²) < 4.78 is 11.4. The number of nitrogens with zero attached hydrogens (tertiary/aromatic N) is 1. The van der Waals surface area contributed by atoms with Gasteiger partial charge in [0.25, 0.3) is 5.91 Å². The minimum atomic E-state index is -0.431. The molecule has 0 bridgehead atoms. The first-order chi connectivity index (χ1) is 15.7. The molecule has 1 aliphatic heterocycles. The van der Waals surface area contributed by atoms with Gasteiger partial charge in [-0.2, -0.15) is 0 Å². The maximum Gasteiger partial charge on any atom is 0.264 e. The third kappa shape index (κ3) is 5.11. The maximum atomic E-state index is 12.8. The van der Waals surface area contributed by atoms with E-state index in [0.29, 0.717) is 42.5 Å². The number of likely N-dealkylation sites (tertiary alicyclic amines) is 1. The summed E-state index contributed by atoms with van der Waals surface area (Å²) in [5, 5.41) is 4.85. The third-order valence-corrected chi connectivity index (χ3v) is 6.34. The zero-order valence-corrected chi connectivity index (χ0v) is 18.8. The maximum absolute atomic E-state index is 12.8. The van der Waals surface area contributed by atoms with Crippen LogP contribution in [-0.4, -0.2) is 36.4 Å². The second-order valence-corrected chi connectivity index (χ2v) is 8.56. The van der Waals surface area contributed by atoms with Gasteiger partial charge in [-0.3, -0.25) is 9.59 Å². The Morgan fingerprint density at radius 1 is 1.06 bits per heavy atom. The molecule has 0 radical (unpaired) electrons. The summed E-state index contributed by atoms with van der Waals surface area (Å²) in [7, 11) is 1.60. The fourth-order valence-corrected chi connectivity index (χ4v) is 4.49. The summed E-state index contributed by atoms with van der Waals surface area (Å²) in [5.74, 6) is 1.06. The summed E-state index contributed by atoms with van der Waals surface area (Å²) in [5.41, 5.74) is 1.97. The van der Waals surface area contributed by atoms with Gasteiger partial charge in [-0.25, -0.2) is 0 Å². The highest BCUT2D eigenvalue weighted by molar-refractivity contribution is 7.12. The van der Waals surface area contributed by atoms with Gasteiger partial charge in [0.1, 0.15) is 12.6 Å². The molecule has 3 aromatic rings. The zero-order chi connectivity index (χ0) is 22.3. The summed E-state index contributed by atoms with van der Waals surface area (Å²) in [4.78, 5) is 27.9. The van der Waals surface area contributed by atoms with Gasteiger partial charge in [-0.15, -0.1) is 11.3 Å². The molecule has 166 valence electrons. The van der Waals surface area contributed by atoms with E-state index in [1.165, 1.54) is 11.3 Å². The lowest BCUT2D eigenvalue weighted by Crippen LogP contribution is -2.45. The number of rotatable bonds is 8. The van der Waals surface area contributed by atoms with Gasteiger partial charge >= 0.3 is 0 Å². The van der Waals surface area contributed by atoms with Crippen molar-refractivity contribution in [3.05, 3.63) is 82.0 Å². The molecule has 1 N–H and O–H groups in total. The lowest BCUT2D eigenvalue weighted by Gasteiger charge is -2.23. The smallest absolute Gasteiger partial charge is 0.264 e. The molecule has 0 spiro atoms. The van der Waals surface area contributed by atoms with E-state index in [1.54, 1.807) is 18.1 Å². The number of thiophene rings is 1. The molecule has 0 unspecified atom stereocenters. The Hall–Kier alpha value is -3.32. The van der Waals surface area contributed by atoms with Crippen LogP contribution in [0.15, 0.2) is 66.0 Å². The first-order valence-corrected chi connectivity index (χ1v) is 11.5. The first-order valence-electron chi connectivity index (χ1n) is 10.6. The molecular weight excluding hydrogens is 424 g/mol. The Kier molecular flexibility index (Phi) is 7.07. The van der Waals surface area contributed by atoms with Crippen LogP contribution >= 0.6 is 11.3 Å². The van der Waals surface area contributed by atoms with Crippen molar-refractivity contribution in [2.45, 2.75) is 32.0 Å². The van der Waals surface area contributed by atoms with Crippen LogP contribution in [0.1, 0.15) is 33.6 Å². The number of carbonyl (C=O) groups is 2. The SMILES string of the molecule is COc1cc(CNC(=O)[C@H]2CCCN2C(=O)c2cccs2)ccc1OCc1ccccc1. The van der Waals surface area contributed by atoms with E-state index in [-0.39, 0.29) is 11.8 Å². The Morgan fingerprint density at radius 3 is 2.66 bits per heavy atom. The number of hydrogen-bond acceptors (Lipinski definition) is 5. The van der Waals surface area contributed by atoms with E-state index >= 15 is 0 Å². The molecule has 32 heavy (non-hydrogen) atoms. The van der Waals surface area contributed by atoms with Crippen LogP contribution in [0.25, 0.3) is 0 Å². The van der Waals surface area contributed by atoms with Crippen molar-refractivity contribution in [2.24, 2.45) is 0 Å². The van der Waals surface area contributed by atoms with E-state index in [2.05, 4.69) is 5.32 Å². The molecule has 4 rings (SSSR count). The van der Waals surface area contributed by atoms with Crippen LogP contribution in [0.3, 0.4) is 0 Å². The first kappa shape index (κ1) is 21.9. The van der Waals surface area contributed by atoms with Crippen LogP contribution < -0.4 is 14.8 Å². The van der Waals surface area contributed by atoms with Crippen molar-refractivity contribution >= 4 is 23.2 Å². The van der Waals surface area contributed by atoms with Gasteiger partial charge in [0.05, 0.1) is 12.0 Å². The average molecular weight is 451 g/mol. The highest BCUT2D eigenvalue weighted by Crippen LogP contribution is 2.29. The van der Waals surface area contributed by atoms with E-state index in [1.807, 2.05) is 60.0 Å². The fraction of sp³-hybridized carbons (Fsp3) is 0.280. The lowest BCUT2D eigenvalue weighted by atomic mass is 10.1. The lowest BCUT2D eigenvalue weighted by molar-refractivity contribution is -0.125. The molecule has 1 aliphatic rings. The van der Waals surface area contributed by atoms with Gasteiger partial charge < -0.3 is 19.7 Å². The van der Waals surface area contributed by atoms with Crippen LogP contribution in [0.5, 0.6) is 11.5 Å². The number of nitrogens with one attached hydrogen (secondary N) is 1. The Bertz CT molecular complexity index is 1050. The van der Waals surface area contributed by atoms with Gasteiger partial charge in [0.2, 0.25) is 5.91 Å². The van der Waals surface area contributed by atoms with Crippen LogP contribution in [0, 0.1) is 0 Å². The van der Waals surface area contributed by atoms with Crippen molar-refractivity contribution in [1.29, 1.82) is 0 Å². The fourth-order valence-electron chi connectivity index (χ4n) is 3.81. The van der Waals surface area contributed by atoms with Crippen LogP contribution in [0.2, 0.25) is 0 Å². The minimum absolute atomic E-state index is 0.0702. The van der Waals surface area contributed by atoms with Gasteiger partial charge in [-0.05, 0) is 47.5 Å². The topological polar surface area (TPSA) is 67.9 Å². The minimum Gasteiger partial charge on any atom is -0.493 e. The normalized spacial score (nSPS) is 15.4. The standard InChI is InChI=1S/C25H26N2O4S/c1-30-22-15-19(11-12-21(22)31-17-18-7-3-2-4-8-18)16-26-24(28)20-9-5-13-27(20)25(29)23-10-6-14-32-23/h2-4,6-8,10-12,14-15,20H,5,9,13,16-17H2,1H3,(H,26,28)/t20-/m1/s1. The van der Waals surface area contributed by atoms with Gasteiger partial charge in [-0.1, -0.05) is 42.5 Å². The van der Waals surface area contributed by atoms with Crippen molar-refractivity contribution in [3.8, 4) is 11.5 Å². The van der Waals surface area contributed by atoms with E-state index in [9.17, 15) is 9.59 Å². The highest BCUT2D eigenvalue weighted by atomic mass is 32.1. The zero-order valence-electron chi connectivity index (χ0n) is 18.0. The number of benzene rings is 2. The average Bonchev–Trinajstić information content (AvgIpc) is 3.54.